The van der Waals surface area contributed by atoms with Gasteiger partial charge in [-0.3, -0.25) is 4.79 Å². The van der Waals surface area contributed by atoms with E-state index in [-0.39, 0.29) is 10.5 Å². The average molecular weight is 298 g/mol. The Morgan fingerprint density at radius 3 is 2.21 bits per heavy atom. The molecule has 2 rings (SSSR count). The topological polar surface area (TPSA) is 46.5 Å². The van der Waals surface area contributed by atoms with Crippen LogP contribution in [-0.2, 0) is 10.1 Å². The monoisotopic (exact) mass is 297 g/mol. The SMILES string of the molecule is O=C(N=S(=O)(F)c1ccc(Cl)cc1)c1ccccc1. The minimum atomic E-state index is -4.26. The first-order chi connectivity index (χ1) is 8.99. The number of rotatable bonds is 2. The molecule has 0 radical (unpaired) electrons. The van der Waals surface area contributed by atoms with Crippen LogP contribution in [0.5, 0.6) is 0 Å². The normalized spacial score (nSPS) is 13.6. The maximum atomic E-state index is 14.0. The third-order valence-corrected chi connectivity index (χ3v) is 3.83. The van der Waals surface area contributed by atoms with Crippen molar-refractivity contribution in [3.05, 3.63) is 65.2 Å². The summed E-state index contributed by atoms with van der Waals surface area (Å²) in [5, 5.41) is 0.383. The van der Waals surface area contributed by atoms with Gasteiger partial charge in [0.2, 0.25) is 10.1 Å². The molecule has 0 aliphatic rings. The van der Waals surface area contributed by atoms with Crippen LogP contribution in [0.1, 0.15) is 10.4 Å². The van der Waals surface area contributed by atoms with Crippen LogP contribution in [0.4, 0.5) is 3.89 Å². The Kier molecular flexibility index (Phi) is 3.97. The molecule has 0 saturated carbocycles. The second-order valence-corrected chi connectivity index (χ2v) is 5.68. The first-order valence-electron chi connectivity index (χ1n) is 5.31. The van der Waals surface area contributed by atoms with E-state index in [4.69, 9.17) is 11.6 Å². The molecule has 3 nitrogen and oxygen atoms in total. The van der Waals surface area contributed by atoms with Crippen LogP contribution in [0.3, 0.4) is 0 Å². The van der Waals surface area contributed by atoms with Gasteiger partial charge in [0.05, 0.1) is 4.90 Å². The van der Waals surface area contributed by atoms with E-state index in [1.165, 1.54) is 36.4 Å². The molecule has 0 N–H and O–H groups in total. The van der Waals surface area contributed by atoms with E-state index >= 15 is 0 Å². The summed E-state index contributed by atoms with van der Waals surface area (Å²) in [6, 6.07) is 13.2. The molecule has 1 atom stereocenters. The van der Waals surface area contributed by atoms with Crippen molar-refractivity contribution in [1.82, 2.24) is 0 Å². The fourth-order valence-electron chi connectivity index (χ4n) is 1.40. The summed E-state index contributed by atoms with van der Waals surface area (Å²) in [4.78, 5) is 11.5. The van der Waals surface area contributed by atoms with Gasteiger partial charge in [-0.15, -0.1) is 8.25 Å². The van der Waals surface area contributed by atoms with Crippen molar-refractivity contribution >= 4 is 27.6 Å². The Morgan fingerprint density at radius 1 is 1.05 bits per heavy atom. The second-order valence-electron chi connectivity index (χ2n) is 3.67. The minimum Gasteiger partial charge on any atom is -0.266 e. The smallest absolute Gasteiger partial charge is 0.266 e. The van der Waals surface area contributed by atoms with E-state index in [1.54, 1.807) is 18.2 Å². The molecule has 0 saturated heterocycles. The highest BCUT2D eigenvalue weighted by molar-refractivity contribution is 7.89. The number of hydrogen-bond donors (Lipinski definition) is 0. The van der Waals surface area contributed by atoms with E-state index < -0.39 is 16.0 Å². The molecule has 0 spiro atoms. The fraction of sp³-hybridized carbons (Fsp3) is 0. The second kappa shape index (κ2) is 5.50. The maximum Gasteiger partial charge on any atom is 0.287 e. The Labute approximate surface area is 115 Å². The molecule has 1 amide bonds. The predicted molar refractivity (Wildman–Crippen MR) is 72.2 cm³/mol. The van der Waals surface area contributed by atoms with E-state index in [2.05, 4.69) is 4.36 Å². The molecular formula is C13H9ClFNO2S. The van der Waals surface area contributed by atoms with Crippen LogP contribution in [-0.4, -0.2) is 10.1 Å². The minimum absolute atomic E-state index is 0.179. The Balaban J connectivity index is 2.39. The van der Waals surface area contributed by atoms with Gasteiger partial charge in [-0.1, -0.05) is 29.8 Å². The van der Waals surface area contributed by atoms with Gasteiger partial charge in [0, 0.05) is 10.6 Å². The third kappa shape index (κ3) is 3.39. The van der Waals surface area contributed by atoms with Gasteiger partial charge >= 0.3 is 0 Å². The summed E-state index contributed by atoms with van der Waals surface area (Å²) < 4.78 is 28.9. The van der Waals surface area contributed by atoms with Crippen LogP contribution in [0.2, 0.25) is 5.02 Å². The molecule has 0 heterocycles. The van der Waals surface area contributed by atoms with Gasteiger partial charge in [0.1, 0.15) is 0 Å². The lowest BCUT2D eigenvalue weighted by atomic mass is 10.2. The first-order valence-corrected chi connectivity index (χ1v) is 7.10. The number of carbonyl (C=O) groups excluding carboxylic acids is 1. The van der Waals surface area contributed by atoms with Crippen LogP contribution in [0.25, 0.3) is 0 Å². The van der Waals surface area contributed by atoms with Crippen LogP contribution >= 0.6 is 11.6 Å². The zero-order valence-electron chi connectivity index (χ0n) is 9.62. The van der Waals surface area contributed by atoms with Crippen molar-refractivity contribution in [2.75, 3.05) is 0 Å². The lowest BCUT2D eigenvalue weighted by molar-refractivity contribution is 0.100. The summed E-state index contributed by atoms with van der Waals surface area (Å²) in [7, 11) is -4.26. The zero-order valence-corrected chi connectivity index (χ0v) is 11.2. The number of nitrogens with zero attached hydrogens (tertiary/aromatic N) is 1. The number of carbonyl (C=O) groups is 1. The van der Waals surface area contributed by atoms with Crippen LogP contribution < -0.4 is 0 Å². The van der Waals surface area contributed by atoms with Crippen molar-refractivity contribution < 1.29 is 12.9 Å². The zero-order chi connectivity index (χ0) is 13.9. The van der Waals surface area contributed by atoms with E-state index in [9.17, 15) is 12.9 Å². The van der Waals surface area contributed by atoms with Gasteiger partial charge in [-0.25, -0.2) is 4.21 Å². The number of hydrogen-bond acceptors (Lipinski definition) is 2. The Morgan fingerprint density at radius 2 is 1.63 bits per heavy atom. The van der Waals surface area contributed by atoms with Gasteiger partial charge in [-0.2, -0.15) is 0 Å². The quantitative estimate of drug-likeness (QED) is 0.789. The Bertz CT molecular complexity index is 707. The molecule has 0 aromatic heterocycles. The highest BCUT2D eigenvalue weighted by Crippen LogP contribution is 2.19. The third-order valence-electron chi connectivity index (χ3n) is 2.33. The number of amides is 1. The standard InChI is InChI=1S/C13H9ClFNO2S/c14-11-6-8-12(9-7-11)19(15,18)16-13(17)10-4-2-1-3-5-10/h1-9H. The molecule has 0 bridgehead atoms. The summed E-state index contributed by atoms with van der Waals surface area (Å²) in [5.41, 5.74) is 0.182. The van der Waals surface area contributed by atoms with Crippen LogP contribution in [0.15, 0.2) is 63.9 Å². The number of halogens is 2. The summed E-state index contributed by atoms with van der Waals surface area (Å²) in [5.74, 6) is -0.858. The van der Waals surface area contributed by atoms with E-state index in [1.807, 2.05) is 0 Å². The molecular weight excluding hydrogens is 289 g/mol. The molecule has 98 valence electrons. The molecule has 0 aliphatic heterocycles. The van der Waals surface area contributed by atoms with E-state index in [0.29, 0.717) is 5.02 Å². The summed E-state index contributed by atoms with van der Waals surface area (Å²) in [6.45, 7) is 0. The van der Waals surface area contributed by atoms with Gasteiger partial charge in [-0.05, 0) is 36.4 Å². The van der Waals surface area contributed by atoms with Gasteiger partial charge in [0.25, 0.3) is 5.91 Å². The molecule has 0 aliphatic carbocycles. The first kappa shape index (κ1) is 13.7. The lowest BCUT2D eigenvalue weighted by Gasteiger charge is -2.00. The lowest BCUT2D eigenvalue weighted by Crippen LogP contribution is -2.00. The van der Waals surface area contributed by atoms with Gasteiger partial charge in [0.15, 0.2) is 0 Å². The van der Waals surface area contributed by atoms with Crippen molar-refractivity contribution in [3.8, 4) is 0 Å². The highest BCUT2D eigenvalue weighted by atomic mass is 35.5. The average Bonchev–Trinajstić information content (AvgIpc) is 2.40. The fourth-order valence-corrected chi connectivity index (χ4v) is 2.42. The van der Waals surface area contributed by atoms with Crippen molar-refractivity contribution in [1.29, 1.82) is 0 Å². The number of benzene rings is 2. The van der Waals surface area contributed by atoms with Crippen molar-refractivity contribution in [2.45, 2.75) is 4.90 Å². The predicted octanol–water partition coefficient (Wildman–Crippen LogP) is 3.89. The molecule has 19 heavy (non-hydrogen) atoms. The largest absolute Gasteiger partial charge is 0.287 e. The molecule has 2 aromatic rings. The maximum absolute atomic E-state index is 14.0. The summed E-state index contributed by atoms with van der Waals surface area (Å²) >= 11 is 5.65. The van der Waals surface area contributed by atoms with Gasteiger partial charge < -0.3 is 0 Å². The van der Waals surface area contributed by atoms with Crippen LogP contribution in [0, 0.1) is 0 Å². The van der Waals surface area contributed by atoms with Crippen molar-refractivity contribution in [3.63, 3.8) is 0 Å². The summed E-state index contributed by atoms with van der Waals surface area (Å²) in [6.07, 6.45) is 0. The molecule has 0 fully saturated rings. The molecule has 1 unspecified atom stereocenters. The highest BCUT2D eigenvalue weighted by Gasteiger charge is 2.14. The Hall–Kier alpha value is -1.72. The molecule has 6 heteroatoms. The molecule has 2 aromatic carbocycles. The van der Waals surface area contributed by atoms with Crippen molar-refractivity contribution in [2.24, 2.45) is 4.36 Å². The van der Waals surface area contributed by atoms with E-state index in [0.717, 1.165) is 0 Å².